The molecule has 1 atom stereocenters. The molecule has 2 heteroatoms. The number of hydrogen-bond acceptors (Lipinski definition) is 2. The summed E-state index contributed by atoms with van der Waals surface area (Å²) in [6.07, 6.45) is 4.90. The predicted octanol–water partition coefficient (Wildman–Crippen LogP) is 3.30. The number of fused-ring (bicyclic) bond motifs is 1. The van der Waals surface area contributed by atoms with E-state index in [1.807, 2.05) is 13.8 Å². The molecule has 1 heterocycles. The van der Waals surface area contributed by atoms with Gasteiger partial charge in [-0.15, -0.1) is 0 Å². The normalized spacial score (nSPS) is 23.9. The third-order valence-electron chi connectivity index (χ3n) is 4.36. The highest BCUT2D eigenvalue weighted by atomic mass is 16.3. The largest absolute Gasteiger partial charge is 0.390 e. The van der Waals surface area contributed by atoms with Gasteiger partial charge in [-0.1, -0.05) is 18.2 Å². The molecule has 0 aromatic heterocycles. The Morgan fingerprint density at radius 1 is 1.28 bits per heavy atom. The molecule has 3 rings (SSSR count). The molecule has 0 amide bonds. The molecule has 2 aliphatic rings. The van der Waals surface area contributed by atoms with Gasteiger partial charge in [0.15, 0.2) is 0 Å². The first-order chi connectivity index (χ1) is 8.54. The van der Waals surface area contributed by atoms with Gasteiger partial charge in [0.2, 0.25) is 0 Å². The van der Waals surface area contributed by atoms with E-state index in [0.717, 1.165) is 19.0 Å². The van der Waals surface area contributed by atoms with Gasteiger partial charge in [0.1, 0.15) is 0 Å². The molecule has 98 valence electrons. The number of aliphatic hydroxyl groups is 1. The number of hydrogen-bond donors (Lipinski definition) is 1. The first-order valence-electron chi connectivity index (χ1n) is 7.12. The molecule has 1 aromatic carbocycles. The fourth-order valence-corrected chi connectivity index (χ4v) is 3.35. The van der Waals surface area contributed by atoms with Crippen LogP contribution in [0.3, 0.4) is 0 Å². The zero-order valence-electron chi connectivity index (χ0n) is 11.4. The van der Waals surface area contributed by atoms with Gasteiger partial charge >= 0.3 is 0 Å². The summed E-state index contributed by atoms with van der Waals surface area (Å²) in [7, 11) is 0. The molecule has 1 unspecified atom stereocenters. The van der Waals surface area contributed by atoms with E-state index in [4.69, 9.17) is 0 Å². The summed E-state index contributed by atoms with van der Waals surface area (Å²) >= 11 is 0. The van der Waals surface area contributed by atoms with Gasteiger partial charge in [0.25, 0.3) is 0 Å². The number of benzene rings is 1. The van der Waals surface area contributed by atoms with Gasteiger partial charge in [-0.2, -0.15) is 0 Å². The Labute approximate surface area is 110 Å². The molecule has 0 saturated heterocycles. The van der Waals surface area contributed by atoms with Crippen LogP contribution in [0, 0.1) is 0 Å². The summed E-state index contributed by atoms with van der Waals surface area (Å²) < 4.78 is 0. The maximum Gasteiger partial charge on any atom is 0.0598 e. The van der Waals surface area contributed by atoms with Crippen molar-refractivity contribution in [2.24, 2.45) is 0 Å². The molecule has 1 aromatic rings. The molecule has 18 heavy (non-hydrogen) atoms. The molecule has 2 nitrogen and oxygen atoms in total. The zero-order valence-corrected chi connectivity index (χ0v) is 11.4. The van der Waals surface area contributed by atoms with Crippen LogP contribution in [-0.2, 0) is 0 Å². The molecule has 1 aliphatic heterocycles. The van der Waals surface area contributed by atoms with Crippen LogP contribution in [0.4, 0.5) is 5.69 Å². The topological polar surface area (TPSA) is 23.5 Å². The van der Waals surface area contributed by atoms with E-state index in [1.165, 1.54) is 30.5 Å². The van der Waals surface area contributed by atoms with Crippen LogP contribution in [0.5, 0.6) is 0 Å². The Bertz CT molecular complexity index is 431. The Hall–Kier alpha value is -1.02. The van der Waals surface area contributed by atoms with Crippen molar-refractivity contribution >= 4 is 5.69 Å². The van der Waals surface area contributed by atoms with Crippen LogP contribution in [-0.4, -0.2) is 23.3 Å². The minimum absolute atomic E-state index is 0.488. The SMILES string of the molecule is CC(C)(O)CC1CN(C2CCC2)c2ccccc21. The monoisotopic (exact) mass is 245 g/mol. The van der Waals surface area contributed by atoms with Crippen LogP contribution < -0.4 is 4.90 Å². The lowest BCUT2D eigenvalue weighted by Gasteiger charge is -2.37. The highest BCUT2D eigenvalue weighted by Gasteiger charge is 2.36. The quantitative estimate of drug-likeness (QED) is 0.883. The summed E-state index contributed by atoms with van der Waals surface area (Å²) in [5.74, 6) is 0.488. The lowest BCUT2D eigenvalue weighted by Crippen LogP contribution is -2.39. The van der Waals surface area contributed by atoms with Gasteiger partial charge in [0, 0.05) is 24.2 Å². The van der Waals surface area contributed by atoms with E-state index >= 15 is 0 Å². The average Bonchev–Trinajstić information content (AvgIpc) is 2.54. The maximum atomic E-state index is 10.1. The van der Waals surface area contributed by atoms with E-state index in [1.54, 1.807) is 0 Å². The smallest absolute Gasteiger partial charge is 0.0598 e. The third kappa shape index (κ3) is 2.14. The molecule has 0 bridgehead atoms. The lowest BCUT2D eigenvalue weighted by atomic mass is 9.89. The number of nitrogens with zero attached hydrogens (tertiary/aromatic N) is 1. The highest BCUT2D eigenvalue weighted by molar-refractivity contribution is 5.61. The molecule has 1 fully saturated rings. The number of rotatable bonds is 3. The minimum atomic E-state index is -0.576. The molecular weight excluding hydrogens is 222 g/mol. The summed E-state index contributed by atoms with van der Waals surface area (Å²) in [6.45, 7) is 4.93. The molecule has 1 aliphatic carbocycles. The van der Waals surface area contributed by atoms with Crippen molar-refractivity contribution in [2.45, 2.75) is 57.1 Å². The van der Waals surface area contributed by atoms with Crippen molar-refractivity contribution in [3.63, 3.8) is 0 Å². The van der Waals surface area contributed by atoms with Crippen LogP contribution in [0.1, 0.15) is 51.0 Å². The lowest BCUT2D eigenvalue weighted by molar-refractivity contribution is 0.0641. The standard InChI is InChI=1S/C16H23NO/c1-16(2,18)10-12-11-17(13-6-5-7-13)15-9-4-3-8-14(12)15/h3-4,8-9,12-13,18H,5-7,10-11H2,1-2H3. The Morgan fingerprint density at radius 3 is 2.61 bits per heavy atom. The molecule has 1 N–H and O–H groups in total. The molecule has 1 saturated carbocycles. The van der Waals surface area contributed by atoms with E-state index in [-0.39, 0.29) is 0 Å². The van der Waals surface area contributed by atoms with Crippen LogP contribution in [0.25, 0.3) is 0 Å². The maximum absolute atomic E-state index is 10.1. The van der Waals surface area contributed by atoms with E-state index < -0.39 is 5.60 Å². The fourth-order valence-electron chi connectivity index (χ4n) is 3.35. The first-order valence-corrected chi connectivity index (χ1v) is 7.12. The van der Waals surface area contributed by atoms with Crippen molar-refractivity contribution in [3.05, 3.63) is 29.8 Å². The third-order valence-corrected chi connectivity index (χ3v) is 4.36. The van der Waals surface area contributed by atoms with Gasteiger partial charge in [-0.05, 0) is 51.2 Å². The van der Waals surface area contributed by atoms with Crippen LogP contribution in [0.15, 0.2) is 24.3 Å². The van der Waals surface area contributed by atoms with Crippen LogP contribution >= 0.6 is 0 Å². The van der Waals surface area contributed by atoms with Gasteiger partial charge < -0.3 is 10.0 Å². The Kier molecular flexibility index (Phi) is 2.86. The fraction of sp³-hybridized carbons (Fsp3) is 0.625. The van der Waals surface area contributed by atoms with Gasteiger partial charge in [-0.3, -0.25) is 0 Å². The second-order valence-corrected chi connectivity index (χ2v) is 6.51. The van der Waals surface area contributed by atoms with Crippen LogP contribution in [0.2, 0.25) is 0 Å². The Balaban J connectivity index is 1.86. The molecular formula is C16H23NO. The minimum Gasteiger partial charge on any atom is -0.390 e. The van der Waals surface area contributed by atoms with E-state index in [0.29, 0.717) is 5.92 Å². The van der Waals surface area contributed by atoms with Crippen molar-refractivity contribution in [2.75, 3.05) is 11.4 Å². The average molecular weight is 245 g/mol. The highest BCUT2D eigenvalue weighted by Crippen LogP contribution is 2.43. The molecule has 0 radical (unpaired) electrons. The second kappa shape index (κ2) is 4.27. The number of para-hydroxylation sites is 1. The summed E-state index contributed by atoms with van der Waals surface area (Å²) in [5.41, 5.74) is 2.27. The van der Waals surface area contributed by atoms with E-state index in [2.05, 4.69) is 29.2 Å². The second-order valence-electron chi connectivity index (χ2n) is 6.51. The van der Waals surface area contributed by atoms with Crippen molar-refractivity contribution in [1.82, 2.24) is 0 Å². The van der Waals surface area contributed by atoms with Gasteiger partial charge in [0.05, 0.1) is 5.60 Å². The first kappa shape index (κ1) is 12.0. The van der Waals surface area contributed by atoms with Crippen molar-refractivity contribution in [3.8, 4) is 0 Å². The predicted molar refractivity (Wildman–Crippen MR) is 75.1 cm³/mol. The molecule has 0 spiro atoms. The number of anilines is 1. The van der Waals surface area contributed by atoms with Crippen molar-refractivity contribution in [1.29, 1.82) is 0 Å². The zero-order chi connectivity index (χ0) is 12.8. The summed E-state index contributed by atoms with van der Waals surface area (Å²) in [4.78, 5) is 2.58. The summed E-state index contributed by atoms with van der Waals surface area (Å²) in [6, 6.07) is 9.50. The van der Waals surface area contributed by atoms with Crippen molar-refractivity contribution < 1.29 is 5.11 Å². The Morgan fingerprint density at radius 2 is 2.00 bits per heavy atom. The van der Waals surface area contributed by atoms with E-state index in [9.17, 15) is 5.11 Å². The summed E-state index contributed by atoms with van der Waals surface area (Å²) in [5, 5.41) is 10.1. The van der Waals surface area contributed by atoms with Gasteiger partial charge in [-0.25, -0.2) is 0 Å².